The molecule has 34 heavy (non-hydrogen) atoms. The van der Waals surface area contributed by atoms with Crippen LogP contribution in [0.1, 0.15) is 12.5 Å². The van der Waals surface area contributed by atoms with Crippen LogP contribution in [0.4, 0.5) is 18.9 Å². The SMILES string of the molecule is COC(=O)[C@H](C)NC(=O)[C@H](Cc1ccccc1)NC(=O)C(Nc1ccc(OC)cc1)C(F)(F)F. The average Bonchev–Trinajstić information content (AvgIpc) is 2.81. The Kier molecular flexibility index (Phi) is 9.28. The van der Waals surface area contributed by atoms with Crippen LogP contribution in [0, 0.1) is 0 Å². The van der Waals surface area contributed by atoms with E-state index in [0.717, 1.165) is 7.11 Å². The highest BCUT2D eigenvalue weighted by molar-refractivity contribution is 5.93. The van der Waals surface area contributed by atoms with Gasteiger partial charge in [-0.3, -0.25) is 9.59 Å². The van der Waals surface area contributed by atoms with Crippen LogP contribution < -0.4 is 20.7 Å². The largest absolute Gasteiger partial charge is 0.497 e. The van der Waals surface area contributed by atoms with Gasteiger partial charge in [-0.15, -0.1) is 0 Å². The predicted molar refractivity (Wildman–Crippen MR) is 118 cm³/mol. The highest BCUT2D eigenvalue weighted by Crippen LogP contribution is 2.25. The molecule has 3 N–H and O–H groups in total. The Bertz CT molecular complexity index is 968. The Morgan fingerprint density at radius 3 is 2.06 bits per heavy atom. The second kappa shape index (κ2) is 11.9. The van der Waals surface area contributed by atoms with Crippen molar-refractivity contribution in [2.75, 3.05) is 19.5 Å². The van der Waals surface area contributed by atoms with Gasteiger partial charge in [0.1, 0.15) is 17.8 Å². The molecule has 2 aromatic rings. The zero-order valence-corrected chi connectivity index (χ0v) is 18.8. The van der Waals surface area contributed by atoms with Crippen LogP contribution in [0.25, 0.3) is 0 Å². The maximum absolute atomic E-state index is 13.7. The molecule has 0 bridgehead atoms. The summed E-state index contributed by atoms with van der Waals surface area (Å²) in [4.78, 5) is 37.1. The third-order valence-electron chi connectivity index (χ3n) is 4.82. The van der Waals surface area contributed by atoms with Crippen LogP contribution in [0.15, 0.2) is 54.6 Å². The summed E-state index contributed by atoms with van der Waals surface area (Å²) in [7, 11) is 2.54. The summed E-state index contributed by atoms with van der Waals surface area (Å²) in [5.74, 6) is -2.60. The quantitative estimate of drug-likeness (QED) is 0.451. The molecule has 0 aliphatic heterocycles. The Balaban J connectivity index is 2.24. The van der Waals surface area contributed by atoms with Crippen molar-refractivity contribution < 1.29 is 37.0 Å². The molecule has 2 aromatic carbocycles. The lowest BCUT2D eigenvalue weighted by Crippen LogP contribution is -2.57. The number of carbonyl (C=O) groups excluding carboxylic acids is 3. The van der Waals surface area contributed by atoms with Crippen molar-refractivity contribution in [1.82, 2.24) is 10.6 Å². The van der Waals surface area contributed by atoms with E-state index in [1.807, 2.05) is 0 Å². The molecule has 0 aliphatic carbocycles. The van der Waals surface area contributed by atoms with Crippen molar-refractivity contribution >= 4 is 23.5 Å². The fourth-order valence-corrected chi connectivity index (χ4v) is 3.01. The number of methoxy groups -OCH3 is 2. The van der Waals surface area contributed by atoms with Gasteiger partial charge in [-0.05, 0) is 36.8 Å². The second-order valence-electron chi connectivity index (χ2n) is 7.35. The lowest BCUT2D eigenvalue weighted by atomic mass is 10.0. The number of halogens is 3. The summed E-state index contributed by atoms with van der Waals surface area (Å²) in [5, 5.41) is 6.67. The molecule has 1 unspecified atom stereocenters. The van der Waals surface area contributed by atoms with E-state index < -0.39 is 42.1 Å². The highest BCUT2D eigenvalue weighted by Gasteiger charge is 2.46. The normalized spacial score (nSPS) is 13.7. The Morgan fingerprint density at radius 1 is 0.912 bits per heavy atom. The number of alkyl halides is 3. The summed E-state index contributed by atoms with van der Waals surface area (Å²) in [6.07, 6.45) is -5.06. The molecule has 11 heteroatoms. The summed E-state index contributed by atoms with van der Waals surface area (Å²) in [5.41, 5.74) is 0.627. The monoisotopic (exact) mass is 481 g/mol. The van der Waals surface area contributed by atoms with E-state index in [2.05, 4.69) is 20.7 Å². The van der Waals surface area contributed by atoms with Crippen LogP contribution in [0.5, 0.6) is 5.75 Å². The minimum atomic E-state index is -4.96. The number of amides is 2. The van der Waals surface area contributed by atoms with Gasteiger partial charge < -0.3 is 25.4 Å². The van der Waals surface area contributed by atoms with E-state index in [-0.39, 0.29) is 12.1 Å². The van der Waals surface area contributed by atoms with Crippen molar-refractivity contribution in [3.8, 4) is 5.75 Å². The van der Waals surface area contributed by atoms with Crippen LogP contribution in [-0.4, -0.2) is 56.3 Å². The van der Waals surface area contributed by atoms with Gasteiger partial charge in [0.25, 0.3) is 5.91 Å². The zero-order valence-electron chi connectivity index (χ0n) is 18.8. The molecule has 0 saturated heterocycles. The van der Waals surface area contributed by atoms with Gasteiger partial charge in [-0.25, -0.2) is 4.79 Å². The molecule has 0 spiro atoms. The van der Waals surface area contributed by atoms with Gasteiger partial charge in [-0.2, -0.15) is 13.2 Å². The minimum Gasteiger partial charge on any atom is -0.497 e. The molecule has 8 nitrogen and oxygen atoms in total. The molecule has 0 aliphatic rings. The standard InChI is InChI=1S/C23H26F3N3O5/c1-14(22(32)34-3)27-20(30)18(13-15-7-5-4-6-8-15)29-21(31)19(23(24,25)26)28-16-9-11-17(33-2)12-10-16/h4-12,14,18-19,28H,13H2,1-3H3,(H,27,30)(H,29,31)/t14-,18-,19?/m0/s1. The third-order valence-corrected chi connectivity index (χ3v) is 4.82. The summed E-state index contributed by atoms with van der Waals surface area (Å²) in [6.45, 7) is 1.36. The maximum Gasteiger partial charge on any atom is 0.417 e. The number of esters is 1. The van der Waals surface area contributed by atoms with Gasteiger partial charge in [0.05, 0.1) is 14.2 Å². The number of ether oxygens (including phenoxy) is 2. The van der Waals surface area contributed by atoms with E-state index in [0.29, 0.717) is 11.3 Å². The second-order valence-corrected chi connectivity index (χ2v) is 7.35. The molecular weight excluding hydrogens is 455 g/mol. The first kappa shape index (κ1) is 26.5. The van der Waals surface area contributed by atoms with Gasteiger partial charge >= 0.3 is 12.1 Å². The minimum absolute atomic E-state index is 0.0293. The summed E-state index contributed by atoms with van der Waals surface area (Å²) in [6, 6.07) is 8.88. The van der Waals surface area contributed by atoms with E-state index >= 15 is 0 Å². The van der Waals surface area contributed by atoms with E-state index in [1.54, 1.807) is 30.3 Å². The molecule has 2 rings (SSSR count). The smallest absolute Gasteiger partial charge is 0.417 e. The number of rotatable bonds is 10. The molecule has 184 valence electrons. The maximum atomic E-state index is 13.7. The molecule has 0 fully saturated rings. The number of benzene rings is 2. The molecule has 0 radical (unpaired) electrons. The number of carbonyl (C=O) groups is 3. The third kappa shape index (κ3) is 7.68. The fourth-order valence-electron chi connectivity index (χ4n) is 3.01. The first-order chi connectivity index (χ1) is 16.0. The molecule has 3 atom stereocenters. The average molecular weight is 481 g/mol. The van der Waals surface area contributed by atoms with Gasteiger partial charge in [0.15, 0.2) is 0 Å². The van der Waals surface area contributed by atoms with Gasteiger partial charge in [-0.1, -0.05) is 30.3 Å². The van der Waals surface area contributed by atoms with Crippen molar-refractivity contribution in [2.24, 2.45) is 0 Å². The first-order valence-corrected chi connectivity index (χ1v) is 10.2. The Hall–Kier alpha value is -3.76. The van der Waals surface area contributed by atoms with E-state index in [1.165, 1.54) is 38.3 Å². The molecule has 0 aromatic heterocycles. The fraction of sp³-hybridized carbons (Fsp3) is 0.348. The van der Waals surface area contributed by atoms with Crippen LogP contribution in [-0.2, 0) is 25.5 Å². The van der Waals surface area contributed by atoms with Gasteiger partial charge in [0.2, 0.25) is 11.9 Å². The zero-order chi connectivity index (χ0) is 25.3. The number of nitrogens with one attached hydrogen (secondary N) is 3. The molecular formula is C23H26F3N3O5. The van der Waals surface area contributed by atoms with E-state index in [4.69, 9.17) is 4.74 Å². The molecule has 2 amide bonds. The first-order valence-electron chi connectivity index (χ1n) is 10.2. The molecule has 0 heterocycles. The highest BCUT2D eigenvalue weighted by atomic mass is 19.4. The number of hydrogen-bond donors (Lipinski definition) is 3. The summed E-state index contributed by atoms with van der Waals surface area (Å²) < 4.78 is 50.7. The van der Waals surface area contributed by atoms with Crippen molar-refractivity contribution in [3.05, 3.63) is 60.2 Å². The van der Waals surface area contributed by atoms with E-state index in [9.17, 15) is 27.6 Å². The van der Waals surface area contributed by atoms with Crippen molar-refractivity contribution in [2.45, 2.75) is 37.6 Å². The van der Waals surface area contributed by atoms with Crippen LogP contribution in [0.2, 0.25) is 0 Å². The molecule has 0 saturated carbocycles. The van der Waals surface area contributed by atoms with Crippen LogP contribution in [0.3, 0.4) is 0 Å². The number of hydrogen-bond acceptors (Lipinski definition) is 6. The topological polar surface area (TPSA) is 106 Å². The predicted octanol–water partition coefficient (Wildman–Crippen LogP) is 2.44. The lowest BCUT2D eigenvalue weighted by molar-refractivity contribution is -0.160. The number of anilines is 1. The van der Waals surface area contributed by atoms with Gasteiger partial charge in [0, 0.05) is 12.1 Å². The lowest BCUT2D eigenvalue weighted by Gasteiger charge is -2.26. The van der Waals surface area contributed by atoms with Crippen molar-refractivity contribution in [1.29, 1.82) is 0 Å². The van der Waals surface area contributed by atoms with Crippen molar-refractivity contribution in [3.63, 3.8) is 0 Å². The van der Waals surface area contributed by atoms with Crippen LogP contribution >= 0.6 is 0 Å². The Labute approximate surface area is 194 Å². The summed E-state index contributed by atoms with van der Waals surface area (Å²) >= 11 is 0. The Morgan fingerprint density at radius 2 is 1.53 bits per heavy atom.